The highest BCUT2D eigenvalue weighted by Gasteiger charge is 2.23. The van der Waals surface area contributed by atoms with Gasteiger partial charge in [0.2, 0.25) is 0 Å². The smallest absolute Gasteiger partial charge is 0.164 e. The Kier molecular flexibility index (Phi) is 3.78. The number of nitrogens with two attached hydrogens (primary N) is 1. The Morgan fingerprint density at radius 1 is 1.21 bits per heavy atom. The highest BCUT2D eigenvalue weighted by molar-refractivity contribution is 9.10. The zero-order chi connectivity index (χ0) is 14.2. The topological polar surface area (TPSA) is 56.7 Å². The van der Waals surface area contributed by atoms with Gasteiger partial charge in [0, 0.05) is 15.6 Å². The highest BCUT2D eigenvalue weighted by atomic mass is 79.9. The van der Waals surface area contributed by atoms with Gasteiger partial charge >= 0.3 is 0 Å². The second-order valence-electron chi connectivity index (χ2n) is 5.67. The van der Waals surface area contributed by atoms with Crippen molar-refractivity contribution < 1.29 is 0 Å². The third kappa shape index (κ3) is 2.87. The van der Waals surface area contributed by atoms with Crippen LogP contribution in [0.1, 0.15) is 32.2 Å². The molecule has 102 valence electrons. The number of hydrogen-bond donors (Lipinski definition) is 1. The first-order chi connectivity index (χ1) is 8.82. The number of benzene rings is 1. The molecule has 0 amide bonds. The summed E-state index contributed by atoms with van der Waals surface area (Å²) in [4.78, 5) is 0. The Hall–Kier alpha value is -1.20. The maximum Gasteiger partial charge on any atom is 0.164 e. The molecule has 0 saturated carbocycles. The molecule has 4 nitrogen and oxygen atoms in total. The lowest BCUT2D eigenvalue weighted by Crippen LogP contribution is -2.26. The van der Waals surface area contributed by atoms with Crippen molar-refractivity contribution in [2.24, 2.45) is 5.73 Å². The Morgan fingerprint density at radius 2 is 1.89 bits per heavy atom. The fraction of sp³-hybridized carbons (Fsp3) is 0.429. The van der Waals surface area contributed by atoms with E-state index in [1.165, 1.54) is 5.56 Å². The molecule has 0 aliphatic heterocycles. The highest BCUT2D eigenvalue weighted by Crippen LogP contribution is 2.28. The summed E-state index contributed by atoms with van der Waals surface area (Å²) in [5.41, 5.74) is 7.89. The first-order valence-corrected chi connectivity index (χ1v) is 7.04. The molecule has 5 heteroatoms. The van der Waals surface area contributed by atoms with E-state index in [0.29, 0.717) is 6.54 Å². The third-order valence-electron chi connectivity index (χ3n) is 2.88. The van der Waals surface area contributed by atoms with E-state index >= 15 is 0 Å². The van der Waals surface area contributed by atoms with Crippen molar-refractivity contribution >= 4 is 15.9 Å². The largest absolute Gasteiger partial charge is 0.324 e. The molecule has 19 heavy (non-hydrogen) atoms. The molecule has 0 aliphatic rings. The van der Waals surface area contributed by atoms with Crippen molar-refractivity contribution in [1.29, 1.82) is 0 Å². The van der Waals surface area contributed by atoms with Gasteiger partial charge in [-0.2, -0.15) is 0 Å². The number of halogens is 1. The molecule has 2 aromatic rings. The minimum absolute atomic E-state index is 0.107. The maximum absolute atomic E-state index is 5.77. The molecule has 0 atom stereocenters. The van der Waals surface area contributed by atoms with Gasteiger partial charge in [0.15, 0.2) is 5.82 Å². The Labute approximate surface area is 122 Å². The van der Waals surface area contributed by atoms with Gasteiger partial charge in [-0.15, -0.1) is 10.2 Å². The Bertz CT molecular complexity index is 576. The predicted molar refractivity (Wildman–Crippen MR) is 80.8 cm³/mol. The van der Waals surface area contributed by atoms with Gasteiger partial charge in [0.05, 0.1) is 6.54 Å². The molecular weight excluding hydrogens is 304 g/mol. The van der Waals surface area contributed by atoms with Crippen LogP contribution in [0.4, 0.5) is 0 Å². The number of aromatic nitrogens is 3. The summed E-state index contributed by atoms with van der Waals surface area (Å²) in [7, 11) is 0. The first kappa shape index (κ1) is 14.2. The average Bonchev–Trinajstić information content (AvgIpc) is 2.70. The summed E-state index contributed by atoms with van der Waals surface area (Å²) < 4.78 is 3.15. The van der Waals surface area contributed by atoms with E-state index in [-0.39, 0.29) is 5.54 Å². The molecule has 2 N–H and O–H groups in total. The minimum atomic E-state index is -0.107. The molecule has 0 aliphatic carbocycles. The summed E-state index contributed by atoms with van der Waals surface area (Å²) in [5, 5.41) is 8.53. The molecule has 0 bridgehead atoms. The van der Waals surface area contributed by atoms with E-state index in [1.54, 1.807) is 0 Å². The van der Waals surface area contributed by atoms with Crippen molar-refractivity contribution in [2.45, 2.75) is 39.8 Å². The second-order valence-corrected chi connectivity index (χ2v) is 6.58. The van der Waals surface area contributed by atoms with Crippen LogP contribution in [0.25, 0.3) is 11.4 Å². The molecule has 0 saturated heterocycles. The lowest BCUT2D eigenvalue weighted by molar-refractivity contribution is 0.386. The molecule has 0 radical (unpaired) electrons. The molecular formula is C14H19BrN4. The molecule has 2 rings (SSSR count). The molecule has 1 heterocycles. The van der Waals surface area contributed by atoms with Gasteiger partial charge in [0.1, 0.15) is 5.82 Å². The van der Waals surface area contributed by atoms with Crippen LogP contribution >= 0.6 is 15.9 Å². The Balaban J connectivity index is 2.66. The van der Waals surface area contributed by atoms with Crippen LogP contribution in [-0.4, -0.2) is 14.8 Å². The normalized spacial score (nSPS) is 11.9. The lowest BCUT2D eigenvalue weighted by Gasteiger charge is -2.25. The number of nitrogens with zero attached hydrogens (tertiary/aromatic N) is 3. The summed E-state index contributed by atoms with van der Waals surface area (Å²) in [6.45, 7) is 8.84. The predicted octanol–water partition coefficient (Wildman–Crippen LogP) is 3.23. The van der Waals surface area contributed by atoms with Crippen LogP contribution in [0.3, 0.4) is 0 Å². The van der Waals surface area contributed by atoms with Crippen molar-refractivity contribution in [3.63, 3.8) is 0 Å². The van der Waals surface area contributed by atoms with Crippen LogP contribution in [0.5, 0.6) is 0 Å². The monoisotopic (exact) mass is 322 g/mol. The molecule has 1 aromatic heterocycles. The van der Waals surface area contributed by atoms with Gasteiger partial charge < -0.3 is 10.3 Å². The standard InChI is InChI=1S/C14H19BrN4/c1-9-5-10(7-11(15)6-9)13-18-17-12(8-16)19(13)14(2,3)4/h5-7H,8,16H2,1-4H3. The number of rotatable bonds is 2. The van der Waals surface area contributed by atoms with Gasteiger partial charge in [-0.05, 0) is 51.5 Å². The van der Waals surface area contributed by atoms with Crippen molar-refractivity contribution in [2.75, 3.05) is 0 Å². The minimum Gasteiger partial charge on any atom is -0.324 e. The summed E-state index contributed by atoms with van der Waals surface area (Å²) in [5.74, 6) is 1.66. The SMILES string of the molecule is Cc1cc(Br)cc(-c2nnc(CN)n2C(C)(C)C)c1. The number of aryl methyl sites for hydroxylation is 1. The quantitative estimate of drug-likeness (QED) is 0.923. The molecule has 0 spiro atoms. The van der Waals surface area contributed by atoms with Crippen molar-refractivity contribution in [3.8, 4) is 11.4 Å². The fourth-order valence-electron chi connectivity index (χ4n) is 2.21. The van der Waals surface area contributed by atoms with Crippen molar-refractivity contribution in [3.05, 3.63) is 34.1 Å². The summed E-state index contributed by atoms with van der Waals surface area (Å²) in [6, 6.07) is 6.24. The molecule has 1 aromatic carbocycles. The summed E-state index contributed by atoms with van der Waals surface area (Å²) in [6.07, 6.45) is 0. The van der Waals surface area contributed by atoms with Crippen LogP contribution in [0, 0.1) is 6.92 Å². The third-order valence-corrected chi connectivity index (χ3v) is 3.34. The van der Waals surface area contributed by atoms with Gasteiger partial charge in [-0.3, -0.25) is 0 Å². The first-order valence-electron chi connectivity index (χ1n) is 6.25. The number of hydrogen-bond acceptors (Lipinski definition) is 3. The van der Waals surface area contributed by atoms with E-state index in [9.17, 15) is 0 Å². The lowest BCUT2D eigenvalue weighted by atomic mass is 10.1. The van der Waals surface area contributed by atoms with E-state index in [1.807, 2.05) is 0 Å². The molecule has 0 unspecified atom stereocenters. The van der Waals surface area contributed by atoms with Crippen LogP contribution in [0.15, 0.2) is 22.7 Å². The van der Waals surface area contributed by atoms with E-state index in [0.717, 1.165) is 21.7 Å². The van der Waals surface area contributed by atoms with Gasteiger partial charge in [0.25, 0.3) is 0 Å². The van der Waals surface area contributed by atoms with Gasteiger partial charge in [-0.1, -0.05) is 15.9 Å². The second kappa shape index (κ2) is 5.06. The van der Waals surface area contributed by atoms with Crippen molar-refractivity contribution in [1.82, 2.24) is 14.8 Å². The van der Waals surface area contributed by atoms with Crippen LogP contribution in [0.2, 0.25) is 0 Å². The van der Waals surface area contributed by atoms with E-state index in [2.05, 4.69) is 76.6 Å². The fourth-order valence-corrected chi connectivity index (χ4v) is 2.81. The summed E-state index contributed by atoms with van der Waals surface area (Å²) >= 11 is 3.53. The maximum atomic E-state index is 5.77. The average molecular weight is 323 g/mol. The molecule has 0 fully saturated rings. The Morgan fingerprint density at radius 3 is 2.42 bits per heavy atom. The zero-order valence-corrected chi connectivity index (χ0v) is 13.3. The van der Waals surface area contributed by atoms with E-state index in [4.69, 9.17) is 5.73 Å². The van der Waals surface area contributed by atoms with Crippen LogP contribution < -0.4 is 5.73 Å². The van der Waals surface area contributed by atoms with E-state index < -0.39 is 0 Å². The zero-order valence-electron chi connectivity index (χ0n) is 11.7. The van der Waals surface area contributed by atoms with Gasteiger partial charge in [-0.25, -0.2) is 0 Å². The van der Waals surface area contributed by atoms with Crippen LogP contribution in [-0.2, 0) is 12.1 Å².